The topological polar surface area (TPSA) is 59.1 Å². The zero-order valence-corrected chi connectivity index (χ0v) is 15.8. The number of aromatic nitrogens is 1. The Morgan fingerprint density at radius 2 is 1.78 bits per heavy atom. The summed E-state index contributed by atoms with van der Waals surface area (Å²) < 4.78 is 25.6. The summed E-state index contributed by atoms with van der Waals surface area (Å²) >= 11 is 0. The van der Waals surface area contributed by atoms with Gasteiger partial charge in [-0.05, 0) is 59.4 Å². The van der Waals surface area contributed by atoms with Crippen molar-refractivity contribution >= 4 is 27.4 Å². The van der Waals surface area contributed by atoms with Gasteiger partial charge in [-0.3, -0.25) is 9.71 Å². The second-order valence-corrected chi connectivity index (χ2v) is 8.46. The molecule has 1 aliphatic carbocycles. The molecule has 1 aliphatic rings. The van der Waals surface area contributed by atoms with Gasteiger partial charge in [0.05, 0.1) is 6.26 Å². The highest BCUT2D eigenvalue weighted by atomic mass is 32.2. The van der Waals surface area contributed by atoms with Crippen molar-refractivity contribution in [3.63, 3.8) is 0 Å². The van der Waals surface area contributed by atoms with Crippen molar-refractivity contribution in [2.75, 3.05) is 11.0 Å². The average molecular weight is 376 g/mol. The molecule has 0 unspecified atom stereocenters. The van der Waals surface area contributed by atoms with Crippen LogP contribution in [0.25, 0.3) is 11.6 Å². The first-order valence-corrected chi connectivity index (χ1v) is 10.7. The summed E-state index contributed by atoms with van der Waals surface area (Å²) in [4.78, 5) is 4.59. The van der Waals surface area contributed by atoms with Gasteiger partial charge in [0.25, 0.3) is 0 Å². The molecular weight excluding hydrogens is 356 g/mol. The van der Waals surface area contributed by atoms with Crippen LogP contribution in [0.1, 0.15) is 27.9 Å². The molecule has 0 radical (unpaired) electrons. The minimum atomic E-state index is -3.31. The number of aryl methyl sites for hydroxylation is 2. The van der Waals surface area contributed by atoms with Crippen LogP contribution in [0.3, 0.4) is 0 Å². The summed E-state index contributed by atoms with van der Waals surface area (Å²) in [5, 5.41) is 0. The highest BCUT2D eigenvalue weighted by Crippen LogP contribution is 2.34. The lowest BCUT2D eigenvalue weighted by molar-refractivity contribution is 0.607. The van der Waals surface area contributed by atoms with Gasteiger partial charge in [0.1, 0.15) is 0 Å². The maximum atomic E-state index is 11.5. The lowest BCUT2D eigenvalue weighted by Gasteiger charge is -2.12. The molecule has 0 amide bonds. The van der Waals surface area contributed by atoms with Crippen LogP contribution in [0, 0.1) is 0 Å². The number of anilines is 1. The first kappa shape index (κ1) is 17.5. The molecule has 4 rings (SSSR count). The fourth-order valence-corrected chi connectivity index (χ4v) is 4.06. The largest absolute Gasteiger partial charge is 0.284 e. The molecule has 0 saturated carbocycles. The second-order valence-electron chi connectivity index (χ2n) is 6.71. The van der Waals surface area contributed by atoms with E-state index in [1.165, 1.54) is 11.1 Å². The molecule has 0 atom stereocenters. The van der Waals surface area contributed by atoms with Crippen molar-refractivity contribution < 1.29 is 8.42 Å². The molecule has 0 spiro atoms. The fourth-order valence-electron chi connectivity index (χ4n) is 3.51. The summed E-state index contributed by atoms with van der Waals surface area (Å²) in [6.45, 7) is 0. The minimum Gasteiger partial charge on any atom is -0.284 e. The van der Waals surface area contributed by atoms with Crippen LogP contribution in [-0.2, 0) is 22.9 Å². The predicted molar refractivity (Wildman–Crippen MR) is 110 cm³/mol. The van der Waals surface area contributed by atoms with Crippen molar-refractivity contribution in [3.05, 3.63) is 94.8 Å². The van der Waals surface area contributed by atoms with Gasteiger partial charge in [-0.2, -0.15) is 0 Å². The van der Waals surface area contributed by atoms with E-state index in [4.69, 9.17) is 0 Å². The molecule has 0 bridgehead atoms. The van der Waals surface area contributed by atoms with Crippen LogP contribution < -0.4 is 4.72 Å². The van der Waals surface area contributed by atoms with E-state index in [1.54, 1.807) is 6.07 Å². The van der Waals surface area contributed by atoms with Gasteiger partial charge >= 0.3 is 0 Å². The first-order chi connectivity index (χ1) is 13.0. The van der Waals surface area contributed by atoms with Gasteiger partial charge < -0.3 is 0 Å². The molecule has 136 valence electrons. The molecule has 27 heavy (non-hydrogen) atoms. The molecule has 1 N–H and O–H groups in total. The maximum absolute atomic E-state index is 11.5. The molecule has 2 aromatic carbocycles. The quantitative estimate of drug-likeness (QED) is 0.747. The normalized spacial score (nSPS) is 14.9. The molecule has 1 heterocycles. The molecule has 3 aromatic rings. The Hall–Kier alpha value is -2.92. The molecule has 0 aliphatic heterocycles. The van der Waals surface area contributed by atoms with Gasteiger partial charge in [-0.15, -0.1) is 0 Å². The van der Waals surface area contributed by atoms with Crippen LogP contribution in [0.4, 0.5) is 5.69 Å². The predicted octanol–water partition coefficient (Wildman–Crippen LogP) is 4.14. The summed E-state index contributed by atoms with van der Waals surface area (Å²) in [7, 11) is -3.31. The third-order valence-electron chi connectivity index (χ3n) is 4.62. The van der Waals surface area contributed by atoms with Gasteiger partial charge in [-0.1, -0.05) is 42.5 Å². The molecule has 1 aromatic heterocycles. The van der Waals surface area contributed by atoms with E-state index < -0.39 is 10.0 Å². The van der Waals surface area contributed by atoms with Crippen molar-refractivity contribution in [2.45, 2.75) is 12.8 Å². The third-order valence-corrected chi connectivity index (χ3v) is 5.23. The zero-order valence-electron chi connectivity index (χ0n) is 15.0. The number of hydrogen-bond donors (Lipinski definition) is 1. The van der Waals surface area contributed by atoms with Crippen molar-refractivity contribution in [1.82, 2.24) is 4.98 Å². The van der Waals surface area contributed by atoms with E-state index in [-0.39, 0.29) is 0 Å². The van der Waals surface area contributed by atoms with Crippen LogP contribution in [0.15, 0.2) is 66.9 Å². The van der Waals surface area contributed by atoms with Crippen LogP contribution in [-0.4, -0.2) is 19.7 Å². The Morgan fingerprint density at radius 3 is 2.63 bits per heavy atom. The maximum Gasteiger partial charge on any atom is 0.229 e. The summed E-state index contributed by atoms with van der Waals surface area (Å²) in [5.41, 5.74) is 7.32. The standard InChI is InChI=1S/C22H20N2O2S/c1-27(25,26)24-18-8-4-6-16(14-18)15-21-19-9-3-2-7-17(19)11-12-22-20(21)10-5-13-23-22/h2-10,13-15,24H,11-12H2,1H3/b21-15+. The Balaban J connectivity index is 1.87. The van der Waals surface area contributed by atoms with E-state index in [9.17, 15) is 8.42 Å². The highest BCUT2D eigenvalue weighted by Gasteiger charge is 2.18. The van der Waals surface area contributed by atoms with E-state index >= 15 is 0 Å². The van der Waals surface area contributed by atoms with Gasteiger partial charge in [0, 0.05) is 23.1 Å². The lowest BCUT2D eigenvalue weighted by atomic mass is 9.93. The Morgan fingerprint density at radius 1 is 0.963 bits per heavy atom. The second kappa shape index (κ2) is 7.00. The number of rotatable bonds is 3. The van der Waals surface area contributed by atoms with Crippen molar-refractivity contribution in [1.29, 1.82) is 0 Å². The average Bonchev–Trinajstić information content (AvgIpc) is 2.79. The molecule has 0 fully saturated rings. The third kappa shape index (κ3) is 3.93. The van der Waals surface area contributed by atoms with E-state index in [2.05, 4.69) is 46.1 Å². The number of hydrogen-bond acceptors (Lipinski definition) is 3. The number of nitrogens with zero attached hydrogens (tertiary/aromatic N) is 1. The monoisotopic (exact) mass is 376 g/mol. The number of pyridine rings is 1. The minimum absolute atomic E-state index is 0.556. The molecule has 0 saturated heterocycles. The smallest absolute Gasteiger partial charge is 0.229 e. The van der Waals surface area contributed by atoms with Crippen LogP contribution in [0.2, 0.25) is 0 Å². The Labute approximate surface area is 159 Å². The molecule has 5 heteroatoms. The first-order valence-electron chi connectivity index (χ1n) is 8.82. The Kier molecular flexibility index (Phi) is 4.54. The van der Waals surface area contributed by atoms with Crippen molar-refractivity contribution in [2.24, 2.45) is 0 Å². The van der Waals surface area contributed by atoms with E-state index in [1.807, 2.05) is 30.5 Å². The van der Waals surface area contributed by atoms with E-state index in [0.29, 0.717) is 5.69 Å². The summed E-state index contributed by atoms with van der Waals surface area (Å²) in [6, 6.07) is 19.9. The van der Waals surface area contributed by atoms with Crippen molar-refractivity contribution in [3.8, 4) is 0 Å². The van der Waals surface area contributed by atoms with Gasteiger partial charge in [0.2, 0.25) is 10.0 Å². The van der Waals surface area contributed by atoms with Crippen LogP contribution >= 0.6 is 0 Å². The Bertz CT molecular complexity index is 1080. The van der Waals surface area contributed by atoms with Crippen LogP contribution in [0.5, 0.6) is 0 Å². The number of fused-ring (bicyclic) bond motifs is 2. The lowest BCUT2D eigenvalue weighted by Crippen LogP contribution is -2.09. The summed E-state index contributed by atoms with van der Waals surface area (Å²) in [5.74, 6) is 0. The molecular formula is C22H20N2O2S. The number of nitrogens with one attached hydrogen (secondary N) is 1. The van der Waals surface area contributed by atoms with Gasteiger partial charge in [-0.25, -0.2) is 8.42 Å². The van der Waals surface area contributed by atoms with Gasteiger partial charge in [0.15, 0.2) is 0 Å². The highest BCUT2D eigenvalue weighted by molar-refractivity contribution is 7.92. The fraction of sp³-hybridized carbons (Fsp3) is 0.136. The molecule has 4 nitrogen and oxygen atoms in total. The summed E-state index contributed by atoms with van der Waals surface area (Å²) in [6.07, 6.45) is 6.95. The SMILES string of the molecule is CS(=O)(=O)Nc1cccc(/C=C2\c3ccccc3CCc3ncccc32)c1. The zero-order chi connectivity index (χ0) is 18.9. The number of benzene rings is 2. The van der Waals surface area contributed by atoms with E-state index in [0.717, 1.165) is 41.5 Å². The number of sulfonamides is 1.